The summed E-state index contributed by atoms with van der Waals surface area (Å²) in [6.07, 6.45) is 8.65. The third-order valence-electron chi connectivity index (χ3n) is 7.14. The number of hydrogen-bond donors (Lipinski definition) is 2. The van der Waals surface area contributed by atoms with Crippen LogP contribution in [0.15, 0.2) is 24.3 Å². The fourth-order valence-electron chi connectivity index (χ4n) is 5.14. The van der Waals surface area contributed by atoms with Gasteiger partial charge in [0.05, 0.1) is 6.54 Å². The molecule has 7 nitrogen and oxygen atoms in total. The van der Waals surface area contributed by atoms with Crippen LogP contribution in [0.3, 0.4) is 0 Å². The summed E-state index contributed by atoms with van der Waals surface area (Å²) in [5, 5.41) is 3.73. The number of benzene rings is 1. The summed E-state index contributed by atoms with van der Waals surface area (Å²) in [5.41, 5.74) is 4.42. The second kappa shape index (κ2) is 9.39. The summed E-state index contributed by atoms with van der Waals surface area (Å²) in [6.45, 7) is 4.07. The second-order valence-electron chi connectivity index (χ2n) is 9.49. The SMILES string of the molecule is Cc1ccc(CCC2CCN(CC(=O)NN3C(=O)NC4(CCCCC4)C3=O)CC2)cc1. The smallest absolute Gasteiger partial charge is 0.322 e. The largest absolute Gasteiger partial charge is 0.344 e. The molecular weight excluding hydrogens is 392 g/mol. The van der Waals surface area contributed by atoms with Gasteiger partial charge < -0.3 is 5.32 Å². The zero-order valence-electron chi connectivity index (χ0n) is 18.5. The predicted octanol–water partition coefficient (Wildman–Crippen LogP) is 2.93. The number of piperidine rings is 1. The van der Waals surface area contributed by atoms with Crippen molar-refractivity contribution in [3.05, 3.63) is 35.4 Å². The molecule has 3 fully saturated rings. The third-order valence-corrected chi connectivity index (χ3v) is 7.14. The van der Waals surface area contributed by atoms with E-state index in [0.29, 0.717) is 18.8 Å². The average molecular weight is 427 g/mol. The van der Waals surface area contributed by atoms with Crippen molar-refractivity contribution in [2.24, 2.45) is 5.92 Å². The first-order chi connectivity index (χ1) is 14.9. The lowest BCUT2D eigenvalue weighted by atomic mass is 9.82. The minimum Gasteiger partial charge on any atom is -0.322 e. The van der Waals surface area contributed by atoms with E-state index in [-0.39, 0.29) is 18.4 Å². The van der Waals surface area contributed by atoms with Crippen LogP contribution in [0, 0.1) is 12.8 Å². The van der Waals surface area contributed by atoms with Crippen molar-refractivity contribution in [1.82, 2.24) is 20.7 Å². The highest BCUT2D eigenvalue weighted by molar-refractivity contribution is 6.08. The minimum absolute atomic E-state index is 0.217. The first-order valence-corrected chi connectivity index (χ1v) is 11.7. The van der Waals surface area contributed by atoms with Gasteiger partial charge in [0.2, 0.25) is 0 Å². The van der Waals surface area contributed by atoms with Crippen molar-refractivity contribution in [2.75, 3.05) is 19.6 Å². The van der Waals surface area contributed by atoms with E-state index in [9.17, 15) is 14.4 Å². The van der Waals surface area contributed by atoms with Crippen molar-refractivity contribution in [3.8, 4) is 0 Å². The van der Waals surface area contributed by atoms with Crippen molar-refractivity contribution >= 4 is 17.8 Å². The van der Waals surface area contributed by atoms with Gasteiger partial charge >= 0.3 is 6.03 Å². The Morgan fingerprint density at radius 2 is 1.77 bits per heavy atom. The maximum Gasteiger partial charge on any atom is 0.344 e. The summed E-state index contributed by atoms with van der Waals surface area (Å²) < 4.78 is 0. The fourth-order valence-corrected chi connectivity index (χ4v) is 5.14. The maximum atomic E-state index is 12.8. The number of carbonyl (C=O) groups excluding carboxylic acids is 3. The van der Waals surface area contributed by atoms with Gasteiger partial charge in [0.25, 0.3) is 11.8 Å². The van der Waals surface area contributed by atoms with Crippen LogP contribution in [-0.2, 0) is 16.0 Å². The van der Waals surface area contributed by atoms with E-state index in [1.807, 2.05) is 0 Å². The topological polar surface area (TPSA) is 81.8 Å². The van der Waals surface area contributed by atoms with E-state index in [1.54, 1.807) is 0 Å². The van der Waals surface area contributed by atoms with Gasteiger partial charge in [-0.25, -0.2) is 4.79 Å². The van der Waals surface area contributed by atoms with E-state index in [0.717, 1.165) is 56.6 Å². The Balaban J connectivity index is 1.20. The molecule has 7 heteroatoms. The van der Waals surface area contributed by atoms with Crippen LogP contribution in [0.2, 0.25) is 0 Å². The van der Waals surface area contributed by atoms with E-state index in [2.05, 4.69) is 46.8 Å². The van der Waals surface area contributed by atoms with E-state index in [1.165, 1.54) is 17.5 Å². The van der Waals surface area contributed by atoms with Crippen molar-refractivity contribution in [2.45, 2.75) is 70.3 Å². The Morgan fingerprint density at radius 3 is 2.45 bits per heavy atom. The van der Waals surface area contributed by atoms with Crippen LogP contribution in [0.4, 0.5) is 4.79 Å². The summed E-state index contributed by atoms with van der Waals surface area (Å²) >= 11 is 0. The molecule has 4 rings (SSSR count). The minimum atomic E-state index is -0.807. The fraction of sp³-hybridized carbons (Fsp3) is 0.625. The molecule has 3 aliphatic rings. The van der Waals surface area contributed by atoms with Crippen molar-refractivity contribution in [1.29, 1.82) is 0 Å². The van der Waals surface area contributed by atoms with Crippen molar-refractivity contribution < 1.29 is 14.4 Å². The summed E-state index contributed by atoms with van der Waals surface area (Å²) in [6, 6.07) is 8.25. The van der Waals surface area contributed by atoms with Crippen LogP contribution in [-0.4, -0.2) is 52.9 Å². The Kier molecular flexibility index (Phi) is 6.60. The third kappa shape index (κ3) is 5.09. The van der Waals surface area contributed by atoms with Crippen molar-refractivity contribution in [3.63, 3.8) is 0 Å². The molecule has 0 unspecified atom stereocenters. The molecule has 31 heavy (non-hydrogen) atoms. The summed E-state index contributed by atoms with van der Waals surface area (Å²) in [4.78, 5) is 39.7. The highest BCUT2D eigenvalue weighted by atomic mass is 16.2. The van der Waals surface area contributed by atoms with Gasteiger partial charge in [-0.1, -0.05) is 49.1 Å². The van der Waals surface area contributed by atoms with E-state index >= 15 is 0 Å². The van der Waals surface area contributed by atoms with E-state index < -0.39 is 11.6 Å². The number of imide groups is 1. The number of rotatable bonds is 6. The highest BCUT2D eigenvalue weighted by Gasteiger charge is 2.52. The first kappa shape index (κ1) is 21.8. The lowest BCUT2D eigenvalue weighted by Gasteiger charge is -2.32. The second-order valence-corrected chi connectivity index (χ2v) is 9.49. The zero-order valence-corrected chi connectivity index (χ0v) is 18.5. The number of amides is 4. The molecule has 2 saturated heterocycles. The van der Waals surface area contributed by atoms with Gasteiger partial charge in [0.1, 0.15) is 5.54 Å². The molecule has 1 aromatic carbocycles. The van der Waals surface area contributed by atoms with Crippen LogP contribution < -0.4 is 10.7 Å². The number of hydrazine groups is 1. The number of likely N-dealkylation sites (tertiary alicyclic amines) is 1. The number of carbonyl (C=O) groups is 3. The summed E-state index contributed by atoms with van der Waals surface area (Å²) in [5.74, 6) is 0.0764. The van der Waals surface area contributed by atoms with Crippen LogP contribution >= 0.6 is 0 Å². The first-order valence-electron chi connectivity index (χ1n) is 11.7. The molecule has 0 aromatic heterocycles. The summed E-state index contributed by atoms with van der Waals surface area (Å²) in [7, 11) is 0. The lowest BCUT2D eigenvalue weighted by molar-refractivity contribution is -0.140. The Morgan fingerprint density at radius 1 is 1.10 bits per heavy atom. The van der Waals surface area contributed by atoms with Gasteiger partial charge in [-0.3, -0.25) is 19.9 Å². The normalized spacial score (nSPS) is 22.0. The zero-order chi connectivity index (χ0) is 21.8. The predicted molar refractivity (Wildman–Crippen MR) is 118 cm³/mol. The highest BCUT2D eigenvalue weighted by Crippen LogP contribution is 2.33. The van der Waals surface area contributed by atoms with Gasteiger partial charge in [-0.05, 0) is 70.0 Å². The molecule has 1 aliphatic carbocycles. The number of hydrogen-bond acceptors (Lipinski definition) is 4. The molecule has 1 aromatic rings. The van der Waals surface area contributed by atoms with Crippen LogP contribution in [0.25, 0.3) is 0 Å². The molecular formula is C24H34N4O3. The maximum absolute atomic E-state index is 12.8. The number of nitrogens with zero attached hydrogens (tertiary/aromatic N) is 2. The molecule has 2 heterocycles. The molecule has 1 saturated carbocycles. The molecule has 0 radical (unpaired) electrons. The van der Waals surface area contributed by atoms with Crippen LogP contribution in [0.1, 0.15) is 62.5 Å². The lowest BCUT2D eigenvalue weighted by Crippen LogP contribution is -2.52. The molecule has 0 bridgehead atoms. The average Bonchev–Trinajstić information content (AvgIpc) is 2.98. The van der Waals surface area contributed by atoms with Crippen LogP contribution in [0.5, 0.6) is 0 Å². The van der Waals surface area contributed by atoms with Gasteiger partial charge in [0, 0.05) is 0 Å². The van der Waals surface area contributed by atoms with Gasteiger partial charge in [0.15, 0.2) is 0 Å². The Hall–Kier alpha value is -2.41. The number of urea groups is 1. The number of nitrogens with one attached hydrogen (secondary N) is 2. The standard InChI is InChI=1S/C24H34N4O3/c1-18-5-7-19(8-6-18)9-10-20-11-15-27(16-12-20)17-21(29)26-28-22(30)24(25-23(28)31)13-3-2-4-14-24/h5-8,20H,2-4,9-17H2,1H3,(H,25,31)(H,26,29). The van der Waals surface area contributed by atoms with Gasteiger partial charge in [-0.2, -0.15) is 5.01 Å². The molecule has 2 N–H and O–H groups in total. The molecule has 2 aliphatic heterocycles. The number of aryl methyl sites for hydroxylation is 2. The quantitative estimate of drug-likeness (QED) is 0.686. The Labute approximate surface area is 184 Å². The van der Waals surface area contributed by atoms with Gasteiger partial charge in [-0.15, -0.1) is 0 Å². The molecule has 168 valence electrons. The monoisotopic (exact) mass is 426 g/mol. The van der Waals surface area contributed by atoms with E-state index in [4.69, 9.17) is 0 Å². The molecule has 4 amide bonds. The Bertz CT molecular complexity index is 809. The molecule has 1 spiro atoms. The molecule has 0 atom stereocenters.